The topological polar surface area (TPSA) is 26.3 Å². The summed E-state index contributed by atoms with van der Waals surface area (Å²) in [4.78, 5) is 11.7. The fraction of sp³-hybridized carbons (Fsp3) is 0.917. The Morgan fingerprint density at radius 3 is 2.50 bits per heavy atom. The molecule has 1 atom stereocenters. The van der Waals surface area contributed by atoms with Gasteiger partial charge in [-0.05, 0) is 40.5 Å². The first-order valence-corrected chi connectivity index (χ1v) is 5.64. The van der Waals surface area contributed by atoms with Gasteiger partial charge in [0, 0.05) is 12.3 Å². The highest BCUT2D eigenvalue weighted by atomic mass is 16.5. The molecule has 82 valence electrons. The van der Waals surface area contributed by atoms with Crippen LogP contribution in [0.4, 0.5) is 0 Å². The fourth-order valence-corrected chi connectivity index (χ4v) is 2.41. The fourth-order valence-electron chi connectivity index (χ4n) is 2.41. The van der Waals surface area contributed by atoms with Crippen LogP contribution in [0.2, 0.25) is 0 Å². The summed E-state index contributed by atoms with van der Waals surface area (Å²) in [7, 11) is 0. The average Bonchev–Trinajstić information content (AvgIpc) is 2.02. The van der Waals surface area contributed by atoms with E-state index in [4.69, 9.17) is 4.74 Å². The number of ether oxygens (including phenoxy) is 1. The third-order valence-corrected chi connectivity index (χ3v) is 2.93. The van der Waals surface area contributed by atoms with Crippen LogP contribution in [0.25, 0.3) is 0 Å². The minimum atomic E-state index is -0.286. The van der Waals surface area contributed by atoms with Gasteiger partial charge in [0.05, 0.1) is 11.7 Å². The molecule has 1 aliphatic carbocycles. The van der Waals surface area contributed by atoms with E-state index in [0.717, 1.165) is 19.3 Å². The van der Waals surface area contributed by atoms with Crippen molar-refractivity contribution < 1.29 is 9.53 Å². The number of carbonyl (C=O) groups is 1. The lowest BCUT2D eigenvalue weighted by Crippen LogP contribution is -2.42. The monoisotopic (exact) mass is 198 g/mol. The van der Waals surface area contributed by atoms with Crippen molar-refractivity contribution in [2.24, 2.45) is 5.92 Å². The molecule has 0 aliphatic heterocycles. The minimum absolute atomic E-state index is 0.110. The molecule has 0 amide bonds. The smallest absolute Gasteiger partial charge is 0.138 e. The Hall–Kier alpha value is -0.370. The van der Waals surface area contributed by atoms with Gasteiger partial charge in [-0.25, -0.2) is 0 Å². The first kappa shape index (κ1) is 11.7. The van der Waals surface area contributed by atoms with Gasteiger partial charge in [0.15, 0.2) is 0 Å². The number of hydrogen-bond donors (Lipinski definition) is 0. The molecule has 0 radical (unpaired) electrons. The van der Waals surface area contributed by atoms with Crippen molar-refractivity contribution in [3.05, 3.63) is 0 Å². The summed E-state index contributed by atoms with van der Waals surface area (Å²) in [5, 5.41) is 0. The number of ketones is 1. The highest BCUT2D eigenvalue weighted by molar-refractivity contribution is 5.82. The standard InChI is InChI=1S/C12H22O2/c1-9(2)14-12(3,4)10-7-5-6-8-11(10)13/h9-10H,5-8H2,1-4H3. The zero-order valence-corrected chi connectivity index (χ0v) is 9.80. The molecule has 1 saturated carbocycles. The van der Waals surface area contributed by atoms with Crippen molar-refractivity contribution in [1.82, 2.24) is 0 Å². The van der Waals surface area contributed by atoms with Crippen molar-refractivity contribution >= 4 is 5.78 Å². The van der Waals surface area contributed by atoms with Crippen LogP contribution in [0, 0.1) is 5.92 Å². The second-order valence-corrected chi connectivity index (χ2v) is 5.03. The third kappa shape index (κ3) is 2.81. The van der Waals surface area contributed by atoms with Crippen molar-refractivity contribution in [2.45, 2.75) is 65.1 Å². The van der Waals surface area contributed by atoms with E-state index in [1.807, 2.05) is 27.7 Å². The number of carbonyl (C=O) groups excluding carboxylic acids is 1. The van der Waals surface area contributed by atoms with E-state index >= 15 is 0 Å². The van der Waals surface area contributed by atoms with E-state index in [1.54, 1.807) is 0 Å². The van der Waals surface area contributed by atoms with Crippen molar-refractivity contribution in [2.75, 3.05) is 0 Å². The molecular formula is C12H22O2. The van der Waals surface area contributed by atoms with Crippen LogP contribution in [0.1, 0.15) is 53.4 Å². The highest BCUT2D eigenvalue weighted by Gasteiger charge is 2.37. The molecule has 1 rings (SSSR count). The summed E-state index contributed by atoms with van der Waals surface area (Å²) in [5.41, 5.74) is -0.286. The van der Waals surface area contributed by atoms with Crippen LogP contribution in [-0.4, -0.2) is 17.5 Å². The Morgan fingerprint density at radius 2 is 2.00 bits per heavy atom. The lowest BCUT2D eigenvalue weighted by Gasteiger charge is -2.37. The minimum Gasteiger partial charge on any atom is -0.372 e. The highest BCUT2D eigenvalue weighted by Crippen LogP contribution is 2.33. The lowest BCUT2D eigenvalue weighted by molar-refractivity contribution is -0.143. The molecule has 0 saturated heterocycles. The Labute approximate surface area is 87.0 Å². The van der Waals surface area contributed by atoms with E-state index in [-0.39, 0.29) is 17.6 Å². The predicted molar refractivity (Wildman–Crippen MR) is 57.3 cm³/mol. The first-order valence-electron chi connectivity index (χ1n) is 5.64. The molecule has 0 N–H and O–H groups in total. The summed E-state index contributed by atoms with van der Waals surface area (Å²) in [6, 6.07) is 0. The van der Waals surface area contributed by atoms with Gasteiger partial charge in [-0.2, -0.15) is 0 Å². The largest absolute Gasteiger partial charge is 0.372 e. The normalized spacial score (nSPS) is 24.4. The molecular weight excluding hydrogens is 176 g/mol. The molecule has 2 heteroatoms. The summed E-state index contributed by atoms with van der Waals surface area (Å²) in [6.45, 7) is 8.13. The summed E-state index contributed by atoms with van der Waals surface area (Å²) in [6.07, 6.45) is 4.17. The maximum atomic E-state index is 11.7. The van der Waals surface area contributed by atoms with Gasteiger partial charge in [-0.3, -0.25) is 4.79 Å². The SMILES string of the molecule is CC(C)OC(C)(C)C1CCCCC1=O. The molecule has 1 fully saturated rings. The predicted octanol–water partition coefficient (Wildman–Crippen LogP) is 2.95. The average molecular weight is 198 g/mol. The number of Topliss-reactive ketones (excluding diaryl/α,β-unsaturated/α-hetero) is 1. The maximum Gasteiger partial charge on any atom is 0.138 e. The Balaban J connectivity index is 2.64. The van der Waals surface area contributed by atoms with Gasteiger partial charge >= 0.3 is 0 Å². The van der Waals surface area contributed by atoms with Crippen LogP contribution in [0.15, 0.2) is 0 Å². The molecule has 2 nitrogen and oxygen atoms in total. The van der Waals surface area contributed by atoms with Crippen LogP contribution < -0.4 is 0 Å². The van der Waals surface area contributed by atoms with E-state index in [2.05, 4.69) is 0 Å². The second-order valence-electron chi connectivity index (χ2n) is 5.03. The second kappa shape index (κ2) is 4.43. The molecule has 0 heterocycles. The molecule has 0 spiro atoms. The quantitative estimate of drug-likeness (QED) is 0.697. The van der Waals surface area contributed by atoms with Crippen LogP contribution >= 0.6 is 0 Å². The van der Waals surface area contributed by atoms with Crippen molar-refractivity contribution in [1.29, 1.82) is 0 Å². The summed E-state index contributed by atoms with van der Waals surface area (Å²) >= 11 is 0. The van der Waals surface area contributed by atoms with E-state index < -0.39 is 0 Å². The molecule has 0 aromatic rings. The van der Waals surface area contributed by atoms with Gasteiger partial charge in [-0.15, -0.1) is 0 Å². The van der Waals surface area contributed by atoms with Gasteiger partial charge in [-0.1, -0.05) is 6.42 Å². The Morgan fingerprint density at radius 1 is 1.36 bits per heavy atom. The third-order valence-electron chi connectivity index (χ3n) is 2.93. The summed E-state index contributed by atoms with van der Waals surface area (Å²) in [5.74, 6) is 0.501. The molecule has 0 aromatic heterocycles. The molecule has 1 aliphatic rings. The van der Waals surface area contributed by atoms with Crippen LogP contribution in [-0.2, 0) is 9.53 Å². The van der Waals surface area contributed by atoms with Crippen molar-refractivity contribution in [3.8, 4) is 0 Å². The molecule has 1 unspecified atom stereocenters. The maximum absolute atomic E-state index is 11.7. The molecule has 0 bridgehead atoms. The van der Waals surface area contributed by atoms with E-state index in [1.165, 1.54) is 6.42 Å². The number of hydrogen-bond acceptors (Lipinski definition) is 2. The Kier molecular flexibility index (Phi) is 3.71. The zero-order valence-electron chi connectivity index (χ0n) is 9.80. The van der Waals surface area contributed by atoms with Crippen molar-refractivity contribution in [3.63, 3.8) is 0 Å². The lowest BCUT2D eigenvalue weighted by atomic mass is 9.77. The van der Waals surface area contributed by atoms with Gasteiger partial charge in [0.2, 0.25) is 0 Å². The molecule has 14 heavy (non-hydrogen) atoms. The summed E-state index contributed by atoms with van der Waals surface area (Å²) < 4.78 is 5.83. The first-order chi connectivity index (χ1) is 6.43. The van der Waals surface area contributed by atoms with Gasteiger partial charge in [0.25, 0.3) is 0 Å². The van der Waals surface area contributed by atoms with Crippen LogP contribution in [0.5, 0.6) is 0 Å². The van der Waals surface area contributed by atoms with Crippen LogP contribution in [0.3, 0.4) is 0 Å². The Bertz CT molecular complexity index is 206. The zero-order chi connectivity index (χ0) is 10.8. The van der Waals surface area contributed by atoms with E-state index in [9.17, 15) is 4.79 Å². The van der Waals surface area contributed by atoms with Gasteiger partial charge in [0.1, 0.15) is 5.78 Å². The molecule has 0 aromatic carbocycles. The van der Waals surface area contributed by atoms with Gasteiger partial charge < -0.3 is 4.74 Å². The number of rotatable bonds is 3. The van der Waals surface area contributed by atoms with E-state index in [0.29, 0.717) is 5.78 Å².